The summed E-state index contributed by atoms with van der Waals surface area (Å²) in [6, 6.07) is 5.18. The number of halogens is 2. The molecule has 1 atom stereocenters. The molecule has 0 amide bonds. The summed E-state index contributed by atoms with van der Waals surface area (Å²) in [5, 5.41) is 1.17. The van der Waals surface area contributed by atoms with E-state index < -0.39 is 0 Å². The van der Waals surface area contributed by atoms with Gasteiger partial charge < -0.3 is 10.5 Å². The van der Waals surface area contributed by atoms with E-state index in [2.05, 4.69) is 6.92 Å². The van der Waals surface area contributed by atoms with Crippen LogP contribution in [-0.4, -0.2) is 13.2 Å². The monoisotopic (exact) mass is 247 g/mol. The van der Waals surface area contributed by atoms with E-state index in [9.17, 15) is 0 Å². The normalized spacial score (nSPS) is 12.5. The average molecular weight is 248 g/mol. The third-order valence-electron chi connectivity index (χ3n) is 2.12. The van der Waals surface area contributed by atoms with Crippen LogP contribution in [0.2, 0.25) is 10.0 Å². The molecule has 0 fully saturated rings. The summed E-state index contributed by atoms with van der Waals surface area (Å²) in [5.41, 5.74) is 5.50. The molecule has 0 saturated carbocycles. The van der Waals surface area contributed by atoms with Gasteiger partial charge in [-0.15, -0.1) is 0 Å². The van der Waals surface area contributed by atoms with Gasteiger partial charge in [-0.25, -0.2) is 0 Å². The van der Waals surface area contributed by atoms with Crippen LogP contribution in [-0.2, 0) is 0 Å². The van der Waals surface area contributed by atoms with Crippen molar-refractivity contribution in [2.75, 3.05) is 13.2 Å². The molecular formula is C11H15Cl2NO. The van der Waals surface area contributed by atoms with Crippen molar-refractivity contribution in [1.29, 1.82) is 0 Å². The summed E-state index contributed by atoms with van der Waals surface area (Å²) in [5.74, 6) is 1.18. The summed E-state index contributed by atoms with van der Waals surface area (Å²) in [6.45, 7) is 3.41. The third kappa shape index (κ3) is 4.74. The zero-order valence-electron chi connectivity index (χ0n) is 8.67. The highest BCUT2D eigenvalue weighted by atomic mass is 35.5. The Morgan fingerprint density at radius 3 is 2.40 bits per heavy atom. The van der Waals surface area contributed by atoms with Crippen molar-refractivity contribution in [3.8, 4) is 5.75 Å². The molecule has 15 heavy (non-hydrogen) atoms. The highest BCUT2D eigenvalue weighted by Gasteiger charge is 2.01. The fourth-order valence-electron chi connectivity index (χ4n) is 1.11. The summed E-state index contributed by atoms with van der Waals surface area (Å²) in [4.78, 5) is 0. The van der Waals surface area contributed by atoms with E-state index in [1.807, 2.05) is 0 Å². The van der Waals surface area contributed by atoms with Gasteiger partial charge in [0.2, 0.25) is 0 Å². The molecule has 4 heteroatoms. The number of ether oxygens (including phenoxy) is 1. The van der Waals surface area contributed by atoms with Crippen LogP contribution in [0.15, 0.2) is 18.2 Å². The third-order valence-corrected chi connectivity index (χ3v) is 2.55. The predicted octanol–water partition coefficient (Wildman–Crippen LogP) is 3.36. The first kappa shape index (κ1) is 12.6. The van der Waals surface area contributed by atoms with Gasteiger partial charge in [-0.3, -0.25) is 0 Å². The molecule has 1 unspecified atom stereocenters. The minimum absolute atomic E-state index is 0.472. The van der Waals surface area contributed by atoms with Crippen LogP contribution in [0.25, 0.3) is 0 Å². The SMILES string of the molecule is CC(CN)CCOc1cc(Cl)cc(Cl)c1. The van der Waals surface area contributed by atoms with Crippen LogP contribution in [0, 0.1) is 5.92 Å². The Morgan fingerprint density at radius 1 is 1.27 bits per heavy atom. The van der Waals surface area contributed by atoms with Gasteiger partial charge >= 0.3 is 0 Å². The summed E-state index contributed by atoms with van der Waals surface area (Å²) < 4.78 is 5.52. The maximum absolute atomic E-state index is 5.83. The molecule has 0 radical (unpaired) electrons. The fraction of sp³-hybridized carbons (Fsp3) is 0.455. The second kappa shape index (κ2) is 6.21. The van der Waals surface area contributed by atoms with Crippen molar-refractivity contribution in [3.05, 3.63) is 28.2 Å². The molecule has 0 aromatic heterocycles. The van der Waals surface area contributed by atoms with E-state index in [4.69, 9.17) is 33.7 Å². The first-order valence-corrected chi connectivity index (χ1v) is 5.66. The molecule has 1 rings (SSSR count). The van der Waals surface area contributed by atoms with Gasteiger partial charge in [0.1, 0.15) is 5.75 Å². The molecule has 0 saturated heterocycles. The summed E-state index contributed by atoms with van der Waals surface area (Å²) in [6.07, 6.45) is 0.931. The lowest BCUT2D eigenvalue weighted by Gasteiger charge is -2.10. The zero-order chi connectivity index (χ0) is 11.3. The first-order chi connectivity index (χ1) is 7.11. The second-order valence-corrected chi connectivity index (χ2v) is 4.46. The van der Waals surface area contributed by atoms with Gasteiger partial charge in [-0.1, -0.05) is 30.1 Å². The molecular weight excluding hydrogens is 233 g/mol. The molecule has 0 spiro atoms. The van der Waals surface area contributed by atoms with E-state index in [0.717, 1.165) is 6.42 Å². The molecule has 2 N–H and O–H groups in total. The van der Waals surface area contributed by atoms with Gasteiger partial charge in [0.05, 0.1) is 6.61 Å². The van der Waals surface area contributed by atoms with Gasteiger partial charge in [0, 0.05) is 10.0 Å². The summed E-state index contributed by atoms with van der Waals surface area (Å²) in [7, 11) is 0. The van der Waals surface area contributed by atoms with Crippen LogP contribution in [0.1, 0.15) is 13.3 Å². The van der Waals surface area contributed by atoms with E-state index in [-0.39, 0.29) is 0 Å². The largest absolute Gasteiger partial charge is 0.493 e. The van der Waals surface area contributed by atoms with Crippen molar-refractivity contribution in [3.63, 3.8) is 0 Å². The number of hydrogen-bond donors (Lipinski definition) is 1. The fourth-order valence-corrected chi connectivity index (χ4v) is 1.61. The molecule has 0 aliphatic carbocycles. The Bertz CT molecular complexity index is 297. The average Bonchev–Trinajstić information content (AvgIpc) is 2.16. The van der Waals surface area contributed by atoms with E-state index in [1.165, 1.54) is 0 Å². The Hall–Kier alpha value is -0.440. The molecule has 0 aliphatic heterocycles. The zero-order valence-corrected chi connectivity index (χ0v) is 10.2. The Labute approximate surface area is 100 Å². The van der Waals surface area contributed by atoms with Gasteiger partial charge in [0.15, 0.2) is 0 Å². The van der Waals surface area contributed by atoms with E-state index in [1.54, 1.807) is 18.2 Å². The number of hydrogen-bond acceptors (Lipinski definition) is 2. The highest BCUT2D eigenvalue weighted by molar-refractivity contribution is 6.34. The molecule has 2 nitrogen and oxygen atoms in total. The van der Waals surface area contributed by atoms with Gasteiger partial charge in [-0.05, 0) is 37.1 Å². The number of benzene rings is 1. The van der Waals surface area contributed by atoms with Crippen LogP contribution in [0.5, 0.6) is 5.75 Å². The number of nitrogens with two attached hydrogens (primary N) is 1. The smallest absolute Gasteiger partial charge is 0.122 e. The highest BCUT2D eigenvalue weighted by Crippen LogP contribution is 2.24. The first-order valence-electron chi connectivity index (χ1n) is 4.90. The van der Waals surface area contributed by atoms with Crippen LogP contribution >= 0.6 is 23.2 Å². The molecule has 0 aliphatic rings. The van der Waals surface area contributed by atoms with Crippen molar-refractivity contribution in [2.45, 2.75) is 13.3 Å². The van der Waals surface area contributed by atoms with Crippen molar-refractivity contribution in [2.24, 2.45) is 11.7 Å². The Morgan fingerprint density at radius 2 is 1.87 bits per heavy atom. The molecule has 84 valence electrons. The summed E-state index contributed by atoms with van der Waals surface area (Å²) >= 11 is 11.7. The maximum Gasteiger partial charge on any atom is 0.122 e. The maximum atomic E-state index is 5.83. The molecule has 1 aromatic rings. The van der Waals surface area contributed by atoms with Crippen LogP contribution < -0.4 is 10.5 Å². The number of rotatable bonds is 5. The molecule has 0 heterocycles. The quantitative estimate of drug-likeness (QED) is 0.867. The van der Waals surface area contributed by atoms with Gasteiger partial charge in [-0.2, -0.15) is 0 Å². The molecule has 0 bridgehead atoms. The lowest BCUT2D eigenvalue weighted by Crippen LogP contribution is -2.13. The minimum atomic E-state index is 0.472. The minimum Gasteiger partial charge on any atom is -0.493 e. The van der Waals surface area contributed by atoms with Gasteiger partial charge in [0.25, 0.3) is 0 Å². The second-order valence-electron chi connectivity index (χ2n) is 3.58. The van der Waals surface area contributed by atoms with Crippen molar-refractivity contribution < 1.29 is 4.74 Å². The topological polar surface area (TPSA) is 35.2 Å². The standard InChI is InChI=1S/C11H15Cl2NO/c1-8(7-14)2-3-15-11-5-9(12)4-10(13)6-11/h4-6,8H,2-3,7,14H2,1H3. The van der Waals surface area contributed by atoms with E-state index in [0.29, 0.717) is 34.9 Å². The lowest BCUT2D eigenvalue weighted by atomic mass is 10.1. The lowest BCUT2D eigenvalue weighted by molar-refractivity contribution is 0.286. The van der Waals surface area contributed by atoms with Crippen molar-refractivity contribution >= 4 is 23.2 Å². The van der Waals surface area contributed by atoms with E-state index >= 15 is 0 Å². The molecule has 1 aromatic carbocycles. The van der Waals surface area contributed by atoms with Crippen molar-refractivity contribution in [1.82, 2.24) is 0 Å². The predicted molar refractivity (Wildman–Crippen MR) is 64.8 cm³/mol. The Balaban J connectivity index is 2.43. The van der Waals surface area contributed by atoms with Crippen LogP contribution in [0.4, 0.5) is 0 Å². The Kier molecular flexibility index (Phi) is 5.23. The van der Waals surface area contributed by atoms with Crippen LogP contribution in [0.3, 0.4) is 0 Å².